The van der Waals surface area contributed by atoms with Crippen molar-refractivity contribution >= 4 is 17.4 Å². The first-order valence-electron chi connectivity index (χ1n) is 4.45. The first kappa shape index (κ1) is 8.75. The number of nitrogens with one attached hydrogen (secondary N) is 1. The summed E-state index contributed by atoms with van der Waals surface area (Å²) in [6, 6.07) is 5.49. The van der Waals surface area contributed by atoms with Crippen molar-refractivity contribution in [1.29, 1.82) is 0 Å². The van der Waals surface area contributed by atoms with Crippen LogP contribution in [0.4, 0.5) is 5.69 Å². The Kier molecular flexibility index (Phi) is 2.36. The second-order valence-corrected chi connectivity index (χ2v) is 4.54. The lowest BCUT2D eigenvalue weighted by atomic mass is 10.2. The van der Waals surface area contributed by atoms with Crippen LogP contribution in [0, 0.1) is 5.92 Å². The molecule has 13 heavy (non-hydrogen) atoms. The topological polar surface area (TPSA) is 32.3 Å². The van der Waals surface area contributed by atoms with E-state index in [0.717, 1.165) is 22.9 Å². The van der Waals surface area contributed by atoms with Crippen molar-refractivity contribution in [2.45, 2.75) is 11.8 Å². The van der Waals surface area contributed by atoms with Gasteiger partial charge in [0.2, 0.25) is 0 Å². The van der Waals surface area contributed by atoms with E-state index in [0.29, 0.717) is 11.7 Å². The maximum atomic E-state index is 9.30. The van der Waals surface area contributed by atoms with Crippen molar-refractivity contribution < 1.29 is 5.11 Å². The van der Waals surface area contributed by atoms with Gasteiger partial charge in [0.05, 0.1) is 0 Å². The highest BCUT2D eigenvalue weighted by Gasteiger charge is 2.12. The zero-order chi connectivity index (χ0) is 9.26. The number of phenols is 1. The second-order valence-electron chi connectivity index (χ2n) is 3.48. The lowest BCUT2D eigenvalue weighted by molar-refractivity contribution is 0.474. The molecule has 1 aromatic rings. The van der Waals surface area contributed by atoms with Crippen LogP contribution in [0.15, 0.2) is 23.1 Å². The Morgan fingerprint density at radius 3 is 3.23 bits per heavy atom. The Balaban J connectivity index is 2.30. The number of aromatic hydroxyl groups is 1. The predicted octanol–water partition coefficient (Wildman–Crippen LogP) is 2.55. The van der Waals surface area contributed by atoms with E-state index >= 15 is 0 Å². The van der Waals surface area contributed by atoms with Crippen molar-refractivity contribution in [2.24, 2.45) is 5.92 Å². The van der Waals surface area contributed by atoms with Gasteiger partial charge in [-0.1, -0.05) is 6.92 Å². The van der Waals surface area contributed by atoms with Crippen LogP contribution in [0.5, 0.6) is 5.75 Å². The van der Waals surface area contributed by atoms with Crippen LogP contribution in [-0.4, -0.2) is 17.4 Å². The fraction of sp³-hybridized carbons (Fsp3) is 0.400. The molecule has 1 atom stereocenters. The van der Waals surface area contributed by atoms with E-state index < -0.39 is 0 Å². The summed E-state index contributed by atoms with van der Waals surface area (Å²) in [5.74, 6) is 2.14. The minimum absolute atomic E-state index is 0.350. The minimum Gasteiger partial charge on any atom is -0.508 e. The van der Waals surface area contributed by atoms with Crippen LogP contribution in [0.2, 0.25) is 0 Å². The maximum Gasteiger partial charge on any atom is 0.116 e. The third-order valence-electron chi connectivity index (χ3n) is 2.13. The maximum absolute atomic E-state index is 9.30. The highest BCUT2D eigenvalue weighted by Crippen LogP contribution is 2.34. The van der Waals surface area contributed by atoms with Crippen LogP contribution < -0.4 is 5.32 Å². The van der Waals surface area contributed by atoms with Crippen LogP contribution in [-0.2, 0) is 0 Å². The van der Waals surface area contributed by atoms with Crippen molar-refractivity contribution in [3.63, 3.8) is 0 Å². The molecule has 1 unspecified atom stereocenters. The molecule has 2 rings (SSSR count). The molecule has 1 aliphatic rings. The smallest absolute Gasteiger partial charge is 0.116 e. The molecule has 0 fully saturated rings. The van der Waals surface area contributed by atoms with E-state index in [2.05, 4.69) is 12.2 Å². The molecule has 0 aliphatic carbocycles. The quantitative estimate of drug-likeness (QED) is 0.624. The molecule has 0 spiro atoms. The molecule has 1 heterocycles. The molecular weight excluding hydrogens is 182 g/mol. The number of benzene rings is 1. The molecule has 0 aromatic heterocycles. The third kappa shape index (κ3) is 1.91. The number of hydrogen-bond donors (Lipinski definition) is 2. The fourth-order valence-electron chi connectivity index (χ4n) is 1.35. The zero-order valence-electron chi connectivity index (χ0n) is 7.58. The molecule has 2 nitrogen and oxygen atoms in total. The molecule has 0 saturated carbocycles. The summed E-state index contributed by atoms with van der Waals surface area (Å²) in [6.45, 7) is 3.25. The van der Waals surface area contributed by atoms with E-state index in [1.807, 2.05) is 23.9 Å². The van der Waals surface area contributed by atoms with E-state index in [1.165, 1.54) is 0 Å². The third-order valence-corrected chi connectivity index (χ3v) is 3.51. The van der Waals surface area contributed by atoms with Gasteiger partial charge in [-0.25, -0.2) is 0 Å². The predicted molar refractivity (Wildman–Crippen MR) is 56.5 cm³/mol. The van der Waals surface area contributed by atoms with Crippen LogP contribution in [0.25, 0.3) is 0 Å². The van der Waals surface area contributed by atoms with Crippen molar-refractivity contribution in [3.8, 4) is 5.75 Å². The number of rotatable bonds is 0. The van der Waals surface area contributed by atoms with Crippen molar-refractivity contribution in [3.05, 3.63) is 18.2 Å². The molecule has 1 aliphatic heterocycles. The first-order valence-corrected chi connectivity index (χ1v) is 5.44. The summed E-state index contributed by atoms with van der Waals surface area (Å²) < 4.78 is 0. The molecule has 1 aromatic carbocycles. The lowest BCUT2D eigenvalue weighted by Crippen LogP contribution is -2.10. The zero-order valence-corrected chi connectivity index (χ0v) is 8.40. The number of fused-ring (bicyclic) bond motifs is 1. The highest BCUT2D eigenvalue weighted by atomic mass is 32.2. The van der Waals surface area contributed by atoms with Crippen LogP contribution in [0.1, 0.15) is 6.92 Å². The second kappa shape index (κ2) is 3.50. The molecule has 0 saturated heterocycles. The van der Waals surface area contributed by atoms with Gasteiger partial charge in [0.25, 0.3) is 0 Å². The summed E-state index contributed by atoms with van der Waals surface area (Å²) in [6.07, 6.45) is 0. The SMILES string of the molecule is CC1CNc2ccc(O)cc2SC1. The summed E-state index contributed by atoms with van der Waals surface area (Å²) in [4.78, 5) is 1.16. The minimum atomic E-state index is 0.350. The monoisotopic (exact) mass is 195 g/mol. The Morgan fingerprint density at radius 2 is 2.38 bits per heavy atom. The Morgan fingerprint density at radius 1 is 1.54 bits per heavy atom. The van der Waals surface area contributed by atoms with Gasteiger partial charge in [-0.3, -0.25) is 0 Å². The molecule has 3 heteroatoms. The average molecular weight is 195 g/mol. The molecule has 0 amide bonds. The number of phenolic OH excluding ortho intramolecular Hbond substituents is 1. The molecule has 2 N–H and O–H groups in total. The standard InChI is InChI=1S/C10H13NOS/c1-7-5-11-9-3-2-8(12)4-10(9)13-6-7/h2-4,7,11-12H,5-6H2,1H3. The first-order chi connectivity index (χ1) is 6.25. The largest absolute Gasteiger partial charge is 0.508 e. The Bertz CT molecular complexity index is 314. The summed E-state index contributed by atoms with van der Waals surface area (Å²) in [5, 5.41) is 12.7. The van der Waals surface area contributed by atoms with Crippen molar-refractivity contribution in [2.75, 3.05) is 17.6 Å². The van der Waals surface area contributed by atoms with Gasteiger partial charge in [-0.05, 0) is 24.1 Å². The van der Waals surface area contributed by atoms with Crippen molar-refractivity contribution in [1.82, 2.24) is 0 Å². The molecule has 0 radical (unpaired) electrons. The van der Waals surface area contributed by atoms with Gasteiger partial charge in [0.1, 0.15) is 5.75 Å². The molecule has 0 bridgehead atoms. The van der Waals surface area contributed by atoms with E-state index in [4.69, 9.17) is 0 Å². The summed E-state index contributed by atoms with van der Waals surface area (Å²) in [7, 11) is 0. The van der Waals surface area contributed by atoms with E-state index in [-0.39, 0.29) is 0 Å². The highest BCUT2D eigenvalue weighted by molar-refractivity contribution is 7.99. The fourth-order valence-corrected chi connectivity index (χ4v) is 2.43. The van der Waals surface area contributed by atoms with Gasteiger partial charge in [-0.2, -0.15) is 0 Å². The lowest BCUT2D eigenvalue weighted by Gasteiger charge is -2.07. The number of hydrogen-bond acceptors (Lipinski definition) is 3. The summed E-state index contributed by atoms with van der Waals surface area (Å²) in [5.41, 5.74) is 1.15. The van der Waals surface area contributed by atoms with Gasteiger partial charge in [-0.15, -0.1) is 11.8 Å². The number of thioether (sulfide) groups is 1. The van der Waals surface area contributed by atoms with Crippen LogP contribution >= 0.6 is 11.8 Å². The van der Waals surface area contributed by atoms with Gasteiger partial charge < -0.3 is 10.4 Å². The van der Waals surface area contributed by atoms with Gasteiger partial charge >= 0.3 is 0 Å². The number of anilines is 1. The van der Waals surface area contributed by atoms with Gasteiger partial charge in [0, 0.05) is 22.9 Å². The Labute approximate surface area is 82.4 Å². The van der Waals surface area contributed by atoms with E-state index in [1.54, 1.807) is 6.07 Å². The normalized spacial score (nSPS) is 21.5. The van der Waals surface area contributed by atoms with E-state index in [9.17, 15) is 5.11 Å². The average Bonchev–Trinajstić information content (AvgIpc) is 2.29. The van der Waals surface area contributed by atoms with Gasteiger partial charge in [0.15, 0.2) is 0 Å². The molecule has 70 valence electrons. The Hall–Kier alpha value is -0.830. The summed E-state index contributed by atoms with van der Waals surface area (Å²) >= 11 is 1.81. The molecular formula is C10H13NOS. The van der Waals surface area contributed by atoms with Crippen LogP contribution in [0.3, 0.4) is 0 Å².